The quantitative estimate of drug-likeness (QED) is 0.488. The lowest BCUT2D eigenvalue weighted by atomic mass is 10.1. The number of alkyl halides is 3. The molecule has 0 spiro atoms. The van der Waals surface area contributed by atoms with Crippen LogP contribution in [0.1, 0.15) is 11.1 Å². The van der Waals surface area contributed by atoms with Crippen LogP contribution in [0.25, 0.3) is 10.2 Å². The SMILES string of the molecule is CSc1nc2c(CNc3cccc(C(F)(F)F)c3N)cccc2s1. The van der Waals surface area contributed by atoms with E-state index >= 15 is 0 Å². The number of nitrogens with one attached hydrogen (secondary N) is 1. The summed E-state index contributed by atoms with van der Waals surface area (Å²) in [7, 11) is 0. The highest BCUT2D eigenvalue weighted by Gasteiger charge is 2.33. The molecule has 8 heteroatoms. The molecule has 3 N–H and O–H groups in total. The van der Waals surface area contributed by atoms with Gasteiger partial charge in [-0.2, -0.15) is 13.2 Å². The zero-order chi connectivity index (χ0) is 17.3. The van der Waals surface area contributed by atoms with Crippen LogP contribution in [0.4, 0.5) is 24.5 Å². The first-order valence-electron chi connectivity index (χ1n) is 7.02. The van der Waals surface area contributed by atoms with E-state index in [1.165, 1.54) is 6.07 Å². The van der Waals surface area contributed by atoms with Crippen molar-refractivity contribution in [2.24, 2.45) is 0 Å². The molecule has 126 valence electrons. The number of anilines is 2. The summed E-state index contributed by atoms with van der Waals surface area (Å²) in [5, 5.41) is 2.99. The maximum absolute atomic E-state index is 12.9. The summed E-state index contributed by atoms with van der Waals surface area (Å²) in [5.41, 5.74) is 6.60. The molecule has 0 aliphatic rings. The molecular weight excluding hydrogens is 355 g/mol. The highest BCUT2D eigenvalue weighted by molar-refractivity contribution is 8.00. The smallest absolute Gasteiger partial charge is 0.397 e. The highest BCUT2D eigenvalue weighted by atomic mass is 32.2. The molecule has 3 rings (SSSR count). The Kier molecular flexibility index (Phi) is 4.60. The Labute approximate surface area is 145 Å². The number of nitrogens with zero attached hydrogens (tertiary/aromatic N) is 1. The molecule has 2 aromatic carbocycles. The lowest BCUT2D eigenvalue weighted by Crippen LogP contribution is -2.11. The minimum absolute atomic E-state index is 0.266. The van der Waals surface area contributed by atoms with Crippen LogP contribution in [0.15, 0.2) is 40.7 Å². The van der Waals surface area contributed by atoms with Crippen molar-refractivity contribution in [2.45, 2.75) is 17.1 Å². The third kappa shape index (κ3) is 3.29. The molecule has 1 heterocycles. The number of thiazole rings is 1. The second-order valence-electron chi connectivity index (χ2n) is 5.07. The van der Waals surface area contributed by atoms with Crippen molar-refractivity contribution in [2.75, 3.05) is 17.3 Å². The van der Waals surface area contributed by atoms with E-state index in [2.05, 4.69) is 10.3 Å². The van der Waals surface area contributed by atoms with Crippen molar-refractivity contribution >= 4 is 44.7 Å². The average molecular weight is 369 g/mol. The first kappa shape index (κ1) is 16.9. The number of fused-ring (bicyclic) bond motifs is 1. The Bertz CT molecular complexity index is 875. The Morgan fingerprint density at radius 3 is 2.67 bits per heavy atom. The molecule has 0 amide bonds. The van der Waals surface area contributed by atoms with Gasteiger partial charge in [0.15, 0.2) is 4.34 Å². The van der Waals surface area contributed by atoms with Crippen LogP contribution in [0, 0.1) is 0 Å². The van der Waals surface area contributed by atoms with Crippen LogP contribution in [0.2, 0.25) is 0 Å². The number of nitrogens with two attached hydrogens (primary N) is 1. The fourth-order valence-electron chi connectivity index (χ4n) is 2.37. The fraction of sp³-hybridized carbons (Fsp3) is 0.188. The Morgan fingerprint density at radius 2 is 1.96 bits per heavy atom. The number of rotatable bonds is 4. The summed E-state index contributed by atoms with van der Waals surface area (Å²) in [6.45, 7) is 0.348. The lowest BCUT2D eigenvalue weighted by molar-refractivity contribution is -0.136. The van der Waals surface area contributed by atoms with Gasteiger partial charge in [-0.15, -0.1) is 11.3 Å². The third-order valence-electron chi connectivity index (χ3n) is 3.54. The maximum atomic E-state index is 12.9. The van der Waals surface area contributed by atoms with Crippen LogP contribution in [0.5, 0.6) is 0 Å². The number of hydrogen-bond acceptors (Lipinski definition) is 5. The minimum atomic E-state index is -4.47. The van der Waals surface area contributed by atoms with Gasteiger partial charge in [0.1, 0.15) is 0 Å². The zero-order valence-electron chi connectivity index (χ0n) is 12.6. The van der Waals surface area contributed by atoms with Gasteiger partial charge in [0.25, 0.3) is 0 Å². The number of nitrogen functional groups attached to an aromatic ring is 1. The highest BCUT2D eigenvalue weighted by Crippen LogP contribution is 2.37. The van der Waals surface area contributed by atoms with Gasteiger partial charge in [0, 0.05) is 6.54 Å². The summed E-state index contributed by atoms with van der Waals surface area (Å²) in [4.78, 5) is 4.55. The average Bonchev–Trinajstić information content (AvgIpc) is 2.96. The molecule has 0 fully saturated rings. The van der Waals surface area contributed by atoms with E-state index in [-0.39, 0.29) is 11.4 Å². The number of halogens is 3. The largest absolute Gasteiger partial charge is 0.418 e. The summed E-state index contributed by atoms with van der Waals surface area (Å²) < 4.78 is 40.8. The lowest BCUT2D eigenvalue weighted by Gasteiger charge is -2.15. The van der Waals surface area contributed by atoms with Crippen LogP contribution in [-0.4, -0.2) is 11.2 Å². The summed E-state index contributed by atoms with van der Waals surface area (Å²) in [5.74, 6) is 0. The van der Waals surface area contributed by atoms with Gasteiger partial charge in [-0.25, -0.2) is 4.98 Å². The van der Waals surface area contributed by atoms with Crippen LogP contribution in [0.3, 0.4) is 0 Å². The van der Waals surface area contributed by atoms with Crippen molar-refractivity contribution in [1.82, 2.24) is 4.98 Å². The van der Waals surface area contributed by atoms with Gasteiger partial charge in [-0.05, 0) is 30.0 Å². The van der Waals surface area contributed by atoms with E-state index in [9.17, 15) is 13.2 Å². The molecular formula is C16H14F3N3S2. The summed E-state index contributed by atoms with van der Waals surface area (Å²) in [6.07, 6.45) is -2.51. The molecule has 0 aliphatic heterocycles. The Morgan fingerprint density at radius 1 is 1.21 bits per heavy atom. The summed E-state index contributed by atoms with van der Waals surface area (Å²) >= 11 is 3.16. The van der Waals surface area contributed by atoms with Crippen molar-refractivity contribution in [3.8, 4) is 0 Å². The predicted octanol–water partition coefficient (Wildman–Crippen LogP) is 5.23. The van der Waals surface area contributed by atoms with Gasteiger partial charge in [-0.1, -0.05) is 30.0 Å². The third-order valence-corrected chi connectivity index (χ3v) is 5.54. The first-order valence-corrected chi connectivity index (χ1v) is 9.06. The number of aromatic nitrogens is 1. The molecule has 0 bridgehead atoms. The fourth-order valence-corrected chi connectivity index (χ4v) is 3.90. The van der Waals surface area contributed by atoms with E-state index in [1.807, 2.05) is 24.5 Å². The van der Waals surface area contributed by atoms with Crippen molar-refractivity contribution in [3.63, 3.8) is 0 Å². The monoisotopic (exact) mass is 369 g/mol. The van der Waals surface area contributed by atoms with Gasteiger partial charge in [0.05, 0.1) is 27.2 Å². The predicted molar refractivity (Wildman–Crippen MR) is 94.6 cm³/mol. The number of thioether (sulfide) groups is 1. The molecule has 3 aromatic rings. The van der Waals surface area contributed by atoms with Crippen LogP contribution >= 0.6 is 23.1 Å². The first-order chi connectivity index (χ1) is 11.4. The number of para-hydroxylation sites is 2. The van der Waals surface area contributed by atoms with E-state index in [4.69, 9.17) is 5.73 Å². The van der Waals surface area contributed by atoms with Crippen molar-refractivity contribution < 1.29 is 13.2 Å². The van der Waals surface area contributed by atoms with Gasteiger partial charge < -0.3 is 11.1 Å². The minimum Gasteiger partial charge on any atom is -0.397 e. The molecule has 0 saturated carbocycles. The van der Waals surface area contributed by atoms with E-state index in [1.54, 1.807) is 29.2 Å². The Hall–Kier alpha value is -1.93. The van der Waals surface area contributed by atoms with Crippen molar-refractivity contribution in [3.05, 3.63) is 47.5 Å². The topological polar surface area (TPSA) is 50.9 Å². The molecule has 24 heavy (non-hydrogen) atoms. The number of hydrogen-bond donors (Lipinski definition) is 2. The normalized spacial score (nSPS) is 11.8. The van der Waals surface area contributed by atoms with Gasteiger partial charge >= 0.3 is 6.18 Å². The standard InChI is InChI=1S/C16H14F3N3S2/c1-23-15-22-14-9(4-2-7-12(14)24-15)8-21-11-6-3-5-10(13(11)20)16(17,18)19/h2-7,21H,8,20H2,1H3. The molecule has 0 atom stereocenters. The molecule has 1 aromatic heterocycles. The van der Waals surface area contributed by atoms with Gasteiger partial charge in [-0.3, -0.25) is 0 Å². The summed E-state index contributed by atoms with van der Waals surface area (Å²) in [6, 6.07) is 9.66. The second-order valence-corrected chi connectivity index (χ2v) is 7.15. The van der Waals surface area contributed by atoms with Gasteiger partial charge in [0.2, 0.25) is 0 Å². The molecule has 0 radical (unpaired) electrons. The molecule has 0 aliphatic carbocycles. The molecule has 3 nitrogen and oxygen atoms in total. The van der Waals surface area contributed by atoms with E-state index in [0.717, 1.165) is 26.2 Å². The van der Waals surface area contributed by atoms with Crippen molar-refractivity contribution in [1.29, 1.82) is 0 Å². The van der Waals surface area contributed by atoms with E-state index < -0.39 is 11.7 Å². The van der Waals surface area contributed by atoms with Crippen LogP contribution < -0.4 is 11.1 Å². The van der Waals surface area contributed by atoms with Crippen LogP contribution in [-0.2, 0) is 12.7 Å². The maximum Gasteiger partial charge on any atom is 0.418 e. The van der Waals surface area contributed by atoms with E-state index in [0.29, 0.717) is 6.54 Å². The second kappa shape index (κ2) is 6.52. The number of benzene rings is 2. The Balaban J connectivity index is 1.88. The zero-order valence-corrected chi connectivity index (χ0v) is 14.3. The molecule has 0 saturated heterocycles. The molecule has 0 unspecified atom stereocenters.